The molecule has 1 aromatic rings. The Bertz CT molecular complexity index is 529. The number of hydrogen-bond donors (Lipinski definition) is 0. The van der Waals surface area contributed by atoms with Gasteiger partial charge in [0.15, 0.2) is 6.29 Å². The predicted octanol–water partition coefficient (Wildman–Crippen LogP) is 4.37. The molecule has 0 heterocycles. The van der Waals surface area contributed by atoms with Crippen LogP contribution in [0, 0.1) is 0 Å². The van der Waals surface area contributed by atoms with Gasteiger partial charge in [0.25, 0.3) is 0 Å². The number of unbranched alkanes of at least 4 members (excludes halogenated alkanes) is 5. The zero-order chi connectivity index (χ0) is 19.0. The molecule has 0 aliphatic heterocycles. The van der Waals surface area contributed by atoms with E-state index in [1.54, 1.807) is 14.2 Å². The summed E-state index contributed by atoms with van der Waals surface area (Å²) in [5, 5.41) is 12.9. The molecule has 27 heavy (non-hydrogen) atoms. The largest absolute Gasteiger partial charge is 2.00 e. The Kier molecular flexibility index (Phi) is 16.5. The van der Waals surface area contributed by atoms with Gasteiger partial charge in [-0.2, -0.15) is 18.2 Å². The molecule has 3 nitrogen and oxygen atoms in total. The van der Waals surface area contributed by atoms with Gasteiger partial charge in [-0.1, -0.05) is 55.5 Å². The maximum Gasteiger partial charge on any atom is 2.00 e. The van der Waals surface area contributed by atoms with E-state index < -0.39 is 0 Å². The van der Waals surface area contributed by atoms with E-state index in [0.29, 0.717) is 6.42 Å². The van der Waals surface area contributed by atoms with Crippen LogP contribution in [0.2, 0.25) is 0 Å². The Labute approximate surface area is 178 Å². The molecule has 0 N–H and O–H groups in total. The van der Waals surface area contributed by atoms with Crippen LogP contribution in [0.15, 0.2) is 65.1 Å². The minimum absolute atomic E-state index is 0. The molecule has 0 amide bonds. The second kappa shape index (κ2) is 17.1. The zero-order valence-electron chi connectivity index (χ0n) is 16.4. The molecule has 0 saturated heterocycles. The molecular formula is C22H31FeO3Si. The van der Waals surface area contributed by atoms with Crippen molar-refractivity contribution in [3.05, 3.63) is 65.1 Å². The van der Waals surface area contributed by atoms with Crippen LogP contribution in [-0.2, 0) is 26.5 Å². The van der Waals surface area contributed by atoms with E-state index in [9.17, 15) is 5.11 Å². The van der Waals surface area contributed by atoms with Crippen LogP contribution in [0.25, 0.3) is 0 Å². The average Bonchev–Trinajstić information content (AvgIpc) is 3.35. The van der Waals surface area contributed by atoms with Gasteiger partial charge >= 0.3 is 17.1 Å². The van der Waals surface area contributed by atoms with Crippen LogP contribution in [0.3, 0.4) is 0 Å². The fraction of sp³-hybridized carbons (Fsp3) is 0.500. The maximum absolute atomic E-state index is 11.9. The molecule has 5 heteroatoms. The summed E-state index contributed by atoms with van der Waals surface area (Å²) >= 11 is 0. The molecule has 0 unspecified atom stereocenters. The minimum atomic E-state index is -0.0644. The van der Waals surface area contributed by atoms with Crippen LogP contribution < -0.4 is 5.11 Å². The molecule has 0 bridgehead atoms. The second-order valence-electron chi connectivity index (χ2n) is 6.30. The van der Waals surface area contributed by atoms with Gasteiger partial charge in [-0.3, -0.25) is 0 Å². The molecule has 0 aromatic heterocycles. The van der Waals surface area contributed by atoms with Gasteiger partial charge in [0.1, 0.15) is 0 Å². The van der Waals surface area contributed by atoms with Crippen molar-refractivity contribution in [3.8, 4) is 0 Å². The van der Waals surface area contributed by atoms with Crippen molar-refractivity contribution in [2.45, 2.75) is 57.7 Å². The van der Waals surface area contributed by atoms with Crippen molar-refractivity contribution in [3.63, 3.8) is 0 Å². The van der Waals surface area contributed by atoms with E-state index >= 15 is 0 Å². The van der Waals surface area contributed by atoms with Crippen molar-refractivity contribution in [2.75, 3.05) is 14.2 Å². The van der Waals surface area contributed by atoms with E-state index in [4.69, 9.17) is 9.47 Å². The number of ether oxygens (including phenoxy) is 2. The van der Waals surface area contributed by atoms with E-state index in [2.05, 4.69) is 10.2 Å². The molecule has 1 aliphatic rings. The van der Waals surface area contributed by atoms with Crippen LogP contribution in [-0.4, -0.2) is 30.8 Å². The number of allylic oxidation sites excluding steroid dienone is 6. The number of hydrogen-bond acceptors (Lipinski definition) is 3. The summed E-state index contributed by atoms with van der Waals surface area (Å²) < 4.78 is 10.3. The summed E-state index contributed by atoms with van der Waals surface area (Å²) in [6.45, 7) is 0. The fourth-order valence-electron chi connectivity index (χ4n) is 2.75. The summed E-state index contributed by atoms with van der Waals surface area (Å²) in [6.07, 6.45) is 14.1. The van der Waals surface area contributed by atoms with E-state index in [-0.39, 0.29) is 29.1 Å². The monoisotopic (exact) mass is 427 g/mol. The normalized spacial score (nSPS) is 14.4. The molecular weight excluding hydrogens is 396 g/mol. The van der Waals surface area contributed by atoms with Crippen LogP contribution in [0.1, 0.15) is 51.4 Å². The first kappa shape index (κ1) is 26.0. The standard InChI is InChI=1S/C17H27O3Si.C5H5.Fe/c1-19-17(20-2)13-8-6-4-3-5-7-11-15(18)14-10-9-12-16(14)21;1-2-4-5-3-1;/h9-10,12,17-18H,3-8,11,13H2,1-2H3;1-5H;/q;-1;+2/p-1. The van der Waals surface area contributed by atoms with Crippen molar-refractivity contribution in [1.29, 1.82) is 0 Å². The van der Waals surface area contributed by atoms with Crippen molar-refractivity contribution in [2.24, 2.45) is 0 Å². The van der Waals surface area contributed by atoms with E-state index in [1.807, 2.05) is 48.6 Å². The van der Waals surface area contributed by atoms with Gasteiger partial charge in [0.2, 0.25) is 0 Å². The van der Waals surface area contributed by atoms with Gasteiger partial charge in [-0.15, -0.1) is 5.76 Å². The third kappa shape index (κ3) is 12.2. The topological polar surface area (TPSA) is 41.5 Å². The Morgan fingerprint density at radius 3 is 2.11 bits per heavy atom. The molecule has 0 saturated carbocycles. The molecule has 0 atom stereocenters. The van der Waals surface area contributed by atoms with Crippen LogP contribution >= 0.6 is 0 Å². The Morgan fingerprint density at radius 1 is 1.04 bits per heavy atom. The molecule has 149 valence electrons. The van der Waals surface area contributed by atoms with Crippen LogP contribution in [0.5, 0.6) is 0 Å². The van der Waals surface area contributed by atoms with Gasteiger partial charge in [-0.05, 0) is 24.8 Å². The Hall–Kier alpha value is -0.974. The maximum atomic E-state index is 11.9. The summed E-state index contributed by atoms with van der Waals surface area (Å²) in [5.74, 6) is 0.244. The SMILES string of the molecule is COC(CCCCCCCCC([O-])=C1C=CC=C1[Si])OC.[Fe+2].c1cc[cH-]c1. The summed E-state index contributed by atoms with van der Waals surface area (Å²) in [7, 11) is 6.81. The van der Waals surface area contributed by atoms with E-state index in [0.717, 1.165) is 36.5 Å². The molecule has 0 fully saturated rings. The Balaban J connectivity index is 0.000000969. The van der Waals surface area contributed by atoms with Gasteiger partial charge < -0.3 is 14.6 Å². The van der Waals surface area contributed by atoms with Gasteiger partial charge in [-0.25, -0.2) is 12.1 Å². The van der Waals surface area contributed by atoms with Gasteiger partial charge in [0, 0.05) is 14.2 Å². The van der Waals surface area contributed by atoms with Crippen molar-refractivity contribution < 1.29 is 31.6 Å². The first-order valence-electron chi connectivity index (χ1n) is 9.41. The first-order chi connectivity index (χ1) is 12.7. The molecule has 2 rings (SSSR count). The third-order valence-corrected chi connectivity index (χ3v) is 4.73. The summed E-state index contributed by atoms with van der Waals surface area (Å²) in [6, 6.07) is 10.0. The number of methoxy groups -OCH3 is 2. The first-order valence-corrected chi connectivity index (χ1v) is 9.91. The summed E-state index contributed by atoms with van der Waals surface area (Å²) in [4.78, 5) is 0. The summed E-state index contributed by atoms with van der Waals surface area (Å²) in [5.41, 5.74) is 0.817. The minimum Gasteiger partial charge on any atom is -0.875 e. The zero-order valence-corrected chi connectivity index (χ0v) is 18.5. The average molecular weight is 427 g/mol. The third-order valence-electron chi connectivity index (χ3n) is 4.29. The molecule has 1 aliphatic carbocycles. The van der Waals surface area contributed by atoms with Crippen LogP contribution in [0.4, 0.5) is 0 Å². The molecule has 0 spiro atoms. The smallest absolute Gasteiger partial charge is 0.875 e. The van der Waals surface area contributed by atoms with E-state index in [1.165, 1.54) is 19.3 Å². The molecule has 3 radical (unpaired) electrons. The predicted molar refractivity (Wildman–Crippen MR) is 107 cm³/mol. The quantitative estimate of drug-likeness (QED) is 0.173. The fourth-order valence-corrected chi connectivity index (χ4v) is 3.07. The second-order valence-corrected chi connectivity index (χ2v) is 6.84. The van der Waals surface area contributed by atoms with Crippen molar-refractivity contribution >= 4 is 10.2 Å². The van der Waals surface area contributed by atoms with Gasteiger partial charge in [0.05, 0.1) is 10.2 Å². The number of rotatable bonds is 11. The molecule has 1 aromatic carbocycles. The van der Waals surface area contributed by atoms with Crippen molar-refractivity contribution in [1.82, 2.24) is 0 Å². The Morgan fingerprint density at radius 2 is 1.63 bits per heavy atom.